The summed E-state index contributed by atoms with van der Waals surface area (Å²) >= 11 is 0. The molecule has 2 fully saturated rings. The van der Waals surface area contributed by atoms with Gasteiger partial charge in [0.15, 0.2) is 0 Å². The molecule has 12 heavy (non-hydrogen) atoms. The van der Waals surface area contributed by atoms with Crippen LogP contribution in [0.4, 0.5) is 4.79 Å². The van der Waals surface area contributed by atoms with Crippen molar-refractivity contribution in [3.8, 4) is 0 Å². The van der Waals surface area contributed by atoms with Crippen molar-refractivity contribution < 1.29 is 4.79 Å². The molecule has 1 aliphatic heterocycles. The maximum absolute atomic E-state index is 11.2. The van der Waals surface area contributed by atoms with E-state index in [4.69, 9.17) is 0 Å². The van der Waals surface area contributed by atoms with E-state index in [-0.39, 0.29) is 6.03 Å². The summed E-state index contributed by atoms with van der Waals surface area (Å²) in [6.07, 6.45) is 5.30. The molecule has 3 heteroatoms. The van der Waals surface area contributed by atoms with Gasteiger partial charge >= 0.3 is 6.03 Å². The second-order valence-electron chi connectivity index (χ2n) is 3.98. The van der Waals surface area contributed by atoms with E-state index in [2.05, 4.69) is 5.32 Å². The molecule has 0 spiro atoms. The fourth-order valence-corrected chi connectivity index (χ4v) is 2.32. The van der Waals surface area contributed by atoms with Crippen molar-refractivity contribution in [3.63, 3.8) is 0 Å². The normalized spacial score (nSPS) is 31.2. The second kappa shape index (κ2) is 2.96. The van der Waals surface area contributed by atoms with Gasteiger partial charge in [0, 0.05) is 13.6 Å². The Labute approximate surface area is 73.1 Å². The molecule has 1 atom stereocenters. The van der Waals surface area contributed by atoms with Crippen LogP contribution in [0.5, 0.6) is 0 Å². The van der Waals surface area contributed by atoms with Crippen LogP contribution in [0.15, 0.2) is 0 Å². The standard InChI is InChI=1S/C9H16N2O/c1-11-6-8(10-9(11)12)7-4-2-3-5-7/h7-8H,2-6H2,1H3,(H,10,12). The van der Waals surface area contributed by atoms with Crippen molar-refractivity contribution in [1.29, 1.82) is 0 Å². The molecule has 0 bridgehead atoms. The average Bonchev–Trinajstić information content (AvgIpc) is 2.61. The van der Waals surface area contributed by atoms with Gasteiger partial charge in [-0.2, -0.15) is 0 Å². The van der Waals surface area contributed by atoms with Crippen LogP contribution in [-0.2, 0) is 0 Å². The van der Waals surface area contributed by atoms with E-state index in [1.54, 1.807) is 4.90 Å². The molecule has 1 saturated heterocycles. The van der Waals surface area contributed by atoms with Crippen LogP contribution in [0.1, 0.15) is 25.7 Å². The Balaban J connectivity index is 1.93. The molecule has 2 amide bonds. The summed E-state index contributed by atoms with van der Waals surface area (Å²) in [6, 6.07) is 0.539. The van der Waals surface area contributed by atoms with Crippen LogP contribution < -0.4 is 5.32 Å². The lowest BCUT2D eigenvalue weighted by Gasteiger charge is -2.16. The zero-order valence-corrected chi connectivity index (χ0v) is 7.55. The topological polar surface area (TPSA) is 32.3 Å². The number of amides is 2. The highest BCUT2D eigenvalue weighted by Crippen LogP contribution is 2.29. The zero-order chi connectivity index (χ0) is 8.55. The number of carbonyl (C=O) groups is 1. The molecule has 1 aliphatic carbocycles. The first-order valence-electron chi connectivity index (χ1n) is 4.79. The monoisotopic (exact) mass is 168 g/mol. The number of nitrogens with one attached hydrogen (secondary N) is 1. The molecule has 2 aliphatic rings. The minimum atomic E-state index is 0.104. The molecule has 1 N–H and O–H groups in total. The Morgan fingerprint density at radius 3 is 2.58 bits per heavy atom. The van der Waals surface area contributed by atoms with Gasteiger partial charge in [-0.05, 0) is 18.8 Å². The summed E-state index contributed by atoms with van der Waals surface area (Å²) in [5.74, 6) is 0.749. The van der Waals surface area contributed by atoms with Crippen LogP contribution in [0.25, 0.3) is 0 Å². The number of likely N-dealkylation sites (N-methyl/N-ethyl adjacent to an activating group) is 1. The lowest BCUT2D eigenvalue weighted by atomic mass is 9.99. The molecule has 0 aromatic carbocycles. The Bertz CT molecular complexity index is 187. The SMILES string of the molecule is CN1CC(C2CCCC2)NC1=O. The van der Waals surface area contributed by atoms with E-state index in [0.717, 1.165) is 12.5 Å². The van der Waals surface area contributed by atoms with Gasteiger partial charge in [0.05, 0.1) is 6.04 Å². The molecular formula is C9H16N2O. The van der Waals surface area contributed by atoms with Crippen LogP contribution in [-0.4, -0.2) is 30.6 Å². The number of nitrogens with zero attached hydrogens (tertiary/aromatic N) is 1. The van der Waals surface area contributed by atoms with Crippen molar-refractivity contribution in [2.24, 2.45) is 5.92 Å². The summed E-state index contributed by atoms with van der Waals surface area (Å²) in [5.41, 5.74) is 0. The summed E-state index contributed by atoms with van der Waals surface area (Å²) < 4.78 is 0. The fraction of sp³-hybridized carbons (Fsp3) is 0.889. The Kier molecular flexibility index (Phi) is 1.95. The van der Waals surface area contributed by atoms with Crippen LogP contribution in [0, 0.1) is 5.92 Å². The molecule has 1 unspecified atom stereocenters. The molecule has 0 aromatic rings. The van der Waals surface area contributed by atoms with Gasteiger partial charge in [-0.3, -0.25) is 0 Å². The molecule has 2 rings (SSSR count). The van der Waals surface area contributed by atoms with Crippen LogP contribution in [0.2, 0.25) is 0 Å². The van der Waals surface area contributed by atoms with Crippen LogP contribution in [0.3, 0.4) is 0 Å². The predicted octanol–water partition coefficient (Wildman–Crippen LogP) is 1.20. The molecule has 1 heterocycles. The van der Waals surface area contributed by atoms with E-state index < -0.39 is 0 Å². The largest absolute Gasteiger partial charge is 0.333 e. The Morgan fingerprint density at radius 1 is 1.42 bits per heavy atom. The lowest BCUT2D eigenvalue weighted by molar-refractivity contribution is 0.226. The van der Waals surface area contributed by atoms with E-state index in [1.165, 1.54) is 25.7 Å². The summed E-state index contributed by atoms with van der Waals surface area (Å²) in [7, 11) is 1.87. The summed E-state index contributed by atoms with van der Waals surface area (Å²) in [4.78, 5) is 12.9. The zero-order valence-electron chi connectivity index (χ0n) is 7.55. The van der Waals surface area contributed by atoms with E-state index in [9.17, 15) is 4.79 Å². The fourth-order valence-electron chi connectivity index (χ4n) is 2.32. The maximum atomic E-state index is 11.2. The molecule has 1 saturated carbocycles. The van der Waals surface area contributed by atoms with Gasteiger partial charge in [0.1, 0.15) is 0 Å². The van der Waals surface area contributed by atoms with Crippen molar-refractivity contribution in [2.45, 2.75) is 31.7 Å². The smallest absolute Gasteiger partial charge is 0.317 e. The maximum Gasteiger partial charge on any atom is 0.317 e. The van der Waals surface area contributed by atoms with Gasteiger partial charge in [-0.15, -0.1) is 0 Å². The average molecular weight is 168 g/mol. The first-order chi connectivity index (χ1) is 5.77. The van der Waals surface area contributed by atoms with E-state index in [0.29, 0.717) is 6.04 Å². The van der Waals surface area contributed by atoms with E-state index in [1.807, 2.05) is 7.05 Å². The Hall–Kier alpha value is -0.730. The molecule has 0 radical (unpaired) electrons. The third-order valence-corrected chi connectivity index (χ3v) is 3.09. The molecule has 3 nitrogen and oxygen atoms in total. The minimum absolute atomic E-state index is 0.104. The number of hydrogen-bond acceptors (Lipinski definition) is 1. The number of hydrogen-bond donors (Lipinski definition) is 1. The van der Waals surface area contributed by atoms with Crippen molar-refractivity contribution in [1.82, 2.24) is 10.2 Å². The minimum Gasteiger partial charge on any atom is -0.333 e. The quantitative estimate of drug-likeness (QED) is 0.627. The highest BCUT2D eigenvalue weighted by molar-refractivity contribution is 5.76. The number of rotatable bonds is 1. The van der Waals surface area contributed by atoms with Gasteiger partial charge in [-0.1, -0.05) is 12.8 Å². The molecule has 68 valence electrons. The highest BCUT2D eigenvalue weighted by atomic mass is 16.2. The first kappa shape index (κ1) is 7.90. The van der Waals surface area contributed by atoms with Gasteiger partial charge in [0.25, 0.3) is 0 Å². The third-order valence-electron chi connectivity index (χ3n) is 3.09. The second-order valence-corrected chi connectivity index (χ2v) is 3.98. The number of urea groups is 1. The highest BCUT2D eigenvalue weighted by Gasteiger charge is 2.33. The van der Waals surface area contributed by atoms with Gasteiger partial charge in [-0.25, -0.2) is 4.79 Å². The molecule has 0 aromatic heterocycles. The van der Waals surface area contributed by atoms with Crippen LogP contribution >= 0.6 is 0 Å². The number of carbonyl (C=O) groups excluding carboxylic acids is 1. The van der Waals surface area contributed by atoms with Crippen molar-refractivity contribution in [2.75, 3.05) is 13.6 Å². The summed E-state index contributed by atoms with van der Waals surface area (Å²) in [6.45, 7) is 0.906. The third kappa shape index (κ3) is 1.28. The first-order valence-corrected chi connectivity index (χ1v) is 4.79. The van der Waals surface area contributed by atoms with Crippen molar-refractivity contribution in [3.05, 3.63) is 0 Å². The van der Waals surface area contributed by atoms with Gasteiger partial charge < -0.3 is 10.2 Å². The van der Waals surface area contributed by atoms with Gasteiger partial charge in [0.2, 0.25) is 0 Å². The Morgan fingerprint density at radius 2 is 2.08 bits per heavy atom. The van der Waals surface area contributed by atoms with Crippen molar-refractivity contribution >= 4 is 6.03 Å². The van der Waals surface area contributed by atoms with E-state index >= 15 is 0 Å². The predicted molar refractivity (Wildman–Crippen MR) is 46.9 cm³/mol. The molecular weight excluding hydrogens is 152 g/mol. The lowest BCUT2D eigenvalue weighted by Crippen LogP contribution is -2.32. The summed E-state index contributed by atoms with van der Waals surface area (Å²) in [5, 5.41) is 3.03.